The topological polar surface area (TPSA) is 40.3 Å². The third-order valence-electron chi connectivity index (χ3n) is 2.31. The quantitative estimate of drug-likeness (QED) is 0.589. The molecule has 4 heteroatoms. The van der Waals surface area contributed by atoms with Crippen molar-refractivity contribution in [3.05, 3.63) is 0 Å². The summed E-state index contributed by atoms with van der Waals surface area (Å²) in [5.41, 5.74) is 0. The van der Waals surface area contributed by atoms with E-state index in [-0.39, 0.29) is 12.2 Å². The molecule has 2 aliphatic rings. The highest BCUT2D eigenvalue weighted by Gasteiger charge is 2.32. The van der Waals surface area contributed by atoms with Gasteiger partial charge in [-0.1, -0.05) is 0 Å². The molecule has 2 heterocycles. The van der Waals surface area contributed by atoms with E-state index in [4.69, 9.17) is 0 Å². The van der Waals surface area contributed by atoms with E-state index in [9.17, 15) is 0 Å². The van der Waals surface area contributed by atoms with Crippen molar-refractivity contribution in [3.8, 4) is 0 Å². The summed E-state index contributed by atoms with van der Waals surface area (Å²) in [6, 6.07) is 0.577. The fraction of sp³-hybridized carbons (Fsp3) is 0.667. The zero-order valence-electron chi connectivity index (χ0n) is 8.18. The molecule has 70 valence electrons. The summed E-state index contributed by atoms with van der Waals surface area (Å²) in [5, 5.41) is 0. The molecule has 0 aromatic rings. The molecule has 2 rings (SSSR count). The summed E-state index contributed by atoms with van der Waals surface area (Å²) in [6.45, 7) is 6.21. The Morgan fingerprint density at radius 3 is 2.92 bits per heavy atom. The molecule has 2 aliphatic heterocycles. The van der Waals surface area contributed by atoms with Gasteiger partial charge in [0.15, 0.2) is 6.17 Å². The summed E-state index contributed by atoms with van der Waals surface area (Å²) >= 11 is 0. The Hall–Kier alpha value is -1.19. The van der Waals surface area contributed by atoms with Crippen LogP contribution < -0.4 is 0 Å². The number of aliphatic imine (C=N–C) groups is 3. The molecule has 0 saturated heterocycles. The second-order valence-corrected chi connectivity index (χ2v) is 3.66. The minimum atomic E-state index is 0.131. The van der Waals surface area contributed by atoms with Crippen LogP contribution in [0, 0.1) is 0 Å². The Bertz CT molecular complexity index is 290. The number of nitrogens with zero attached hydrogens (tertiary/aromatic N) is 4. The smallest absolute Gasteiger partial charge is 0.151 e. The molecule has 0 spiro atoms. The Morgan fingerprint density at radius 2 is 2.23 bits per heavy atom. The van der Waals surface area contributed by atoms with Gasteiger partial charge in [0, 0.05) is 12.3 Å². The molecule has 13 heavy (non-hydrogen) atoms. The van der Waals surface area contributed by atoms with Crippen molar-refractivity contribution < 1.29 is 0 Å². The van der Waals surface area contributed by atoms with Crippen LogP contribution in [0.15, 0.2) is 15.0 Å². The Labute approximate surface area is 78.1 Å². The first-order valence-corrected chi connectivity index (χ1v) is 4.58. The standard InChI is InChI=1S/C9H14N4/c1-6(2)13-5-11-8-4-10-7(3)12-9(8)13/h4-6,8-9H,1-3H3. The lowest BCUT2D eigenvalue weighted by Gasteiger charge is -2.28. The van der Waals surface area contributed by atoms with Crippen molar-refractivity contribution in [2.45, 2.75) is 39.0 Å². The summed E-state index contributed by atoms with van der Waals surface area (Å²) < 4.78 is 0. The van der Waals surface area contributed by atoms with E-state index in [1.165, 1.54) is 0 Å². The monoisotopic (exact) mass is 178 g/mol. The maximum Gasteiger partial charge on any atom is 0.151 e. The molecule has 0 fully saturated rings. The van der Waals surface area contributed by atoms with E-state index >= 15 is 0 Å². The van der Waals surface area contributed by atoms with E-state index in [0.717, 1.165) is 5.84 Å². The van der Waals surface area contributed by atoms with Gasteiger partial charge in [0.2, 0.25) is 0 Å². The predicted molar refractivity (Wildman–Crippen MR) is 54.6 cm³/mol. The van der Waals surface area contributed by atoms with Crippen molar-refractivity contribution in [3.63, 3.8) is 0 Å². The number of amidine groups is 1. The van der Waals surface area contributed by atoms with Crippen molar-refractivity contribution in [1.82, 2.24) is 4.90 Å². The largest absolute Gasteiger partial charge is 0.336 e. The average molecular weight is 178 g/mol. The maximum absolute atomic E-state index is 4.47. The van der Waals surface area contributed by atoms with Gasteiger partial charge in [-0.3, -0.25) is 4.99 Å². The molecule has 0 N–H and O–H groups in total. The van der Waals surface area contributed by atoms with Crippen LogP contribution in [0.25, 0.3) is 0 Å². The van der Waals surface area contributed by atoms with Gasteiger partial charge in [0.25, 0.3) is 0 Å². The SMILES string of the molecule is CC1=NC2C(C=N1)N=CN2C(C)C. The molecule has 0 aromatic heterocycles. The van der Waals surface area contributed by atoms with E-state index in [1.807, 2.05) is 19.5 Å². The molecule has 0 amide bonds. The molecule has 0 bridgehead atoms. The van der Waals surface area contributed by atoms with Crippen LogP contribution in [0.3, 0.4) is 0 Å². The van der Waals surface area contributed by atoms with Crippen LogP contribution in [0.2, 0.25) is 0 Å². The van der Waals surface area contributed by atoms with Crippen LogP contribution in [-0.2, 0) is 0 Å². The summed E-state index contributed by atoms with van der Waals surface area (Å²) in [4.78, 5) is 15.1. The second kappa shape index (κ2) is 2.94. The molecular weight excluding hydrogens is 164 g/mol. The van der Waals surface area contributed by atoms with E-state index < -0.39 is 0 Å². The van der Waals surface area contributed by atoms with Gasteiger partial charge in [-0.05, 0) is 20.8 Å². The third-order valence-corrected chi connectivity index (χ3v) is 2.31. The van der Waals surface area contributed by atoms with Gasteiger partial charge in [-0.15, -0.1) is 0 Å². The molecule has 2 atom stereocenters. The van der Waals surface area contributed by atoms with Crippen LogP contribution in [0.4, 0.5) is 0 Å². The van der Waals surface area contributed by atoms with E-state index in [2.05, 4.69) is 33.7 Å². The van der Waals surface area contributed by atoms with Crippen LogP contribution >= 0.6 is 0 Å². The Balaban J connectivity index is 2.22. The predicted octanol–water partition coefficient (Wildman–Crippen LogP) is 0.936. The highest BCUT2D eigenvalue weighted by atomic mass is 15.3. The average Bonchev–Trinajstić information content (AvgIpc) is 2.46. The van der Waals surface area contributed by atoms with Crippen molar-refractivity contribution >= 4 is 18.4 Å². The van der Waals surface area contributed by atoms with Gasteiger partial charge in [-0.2, -0.15) is 0 Å². The van der Waals surface area contributed by atoms with Crippen molar-refractivity contribution in [2.24, 2.45) is 15.0 Å². The number of hydrogen-bond donors (Lipinski definition) is 0. The van der Waals surface area contributed by atoms with Gasteiger partial charge in [0.1, 0.15) is 11.9 Å². The van der Waals surface area contributed by atoms with Gasteiger partial charge in [0.05, 0.1) is 6.34 Å². The molecule has 0 saturated carbocycles. The fourth-order valence-corrected chi connectivity index (χ4v) is 1.58. The summed E-state index contributed by atoms with van der Waals surface area (Å²) in [5.74, 6) is 0.845. The Kier molecular flexibility index (Phi) is 1.90. The van der Waals surface area contributed by atoms with E-state index in [0.29, 0.717) is 6.04 Å². The molecule has 4 nitrogen and oxygen atoms in total. The fourth-order valence-electron chi connectivity index (χ4n) is 1.58. The lowest BCUT2D eigenvalue weighted by atomic mass is 10.2. The van der Waals surface area contributed by atoms with Gasteiger partial charge in [-0.25, -0.2) is 9.98 Å². The van der Waals surface area contributed by atoms with Crippen LogP contribution in [0.1, 0.15) is 20.8 Å². The molecule has 0 radical (unpaired) electrons. The van der Waals surface area contributed by atoms with Crippen molar-refractivity contribution in [1.29, 1.82) is 0 Å². The third kappa shape index (κ3) is 1.36. The normalized spacial score (nSPS) is 31.1. The lowest BCUT2D eigenvalue weighted by molar-refractivity contribution is 0.290. The minimum absolute atomic E-state index is 0.131. The molecule has 0 aromatic carbocycles. The first-order valence-electron chi connectivity index (χ1n) is 4.58. The first-order chi connectivity index (χ1) is 6.18. The van der Waals surface area contributed by atoms with Gasteiger partial charge < -0.3 is 4.90 Å². The minimum Gasteiger partial charge on any atom is -0.336 e. The van der Waals surface area contributed by atoms with E-state index in [1.54, 1.807) is 0 Å². The second-order valence-electron chi connectivity index (χ2n) is 3.66. The van der Waals surface area contributed by atoms with Crippen LogP contribution in [0.5, 0.6) is 0 Å². The highest BCUT2D eigenvalue weighted by molar-refractivity contribution is 5.92. The molecular formula is C9H14N4. The number of rotatable bonds is 1. The van der Waals surface area contributed by atoms with Crippen LogP contribution in [-0.4, -0.2) is 41.5 Å². The molecule has 2 unspecified atom stereocenters. The number of fused-ring (bicyclic) bond motifs is 1. The van der Waals surface area contributed by atoms with Crippen molar-refractivity contribution in [2.75, 3.05) is 0 Å². The maximum atomic E-state index is 4.47. The van der Waals surface area contributed by atoms with Gasteiger partial charge >= 0.3 is 0 Å². The first kappa shape index (κ1) is 8.41. The zero-order valence-corrected chi connectivity index (χ0v) is 8.18. The lowest BCUT2D eigenvalue weighted by Crippen LogP contribution is -2.41. The Morgan fingerprint density at radius 1 is 1.46 bits per heavy atom. The number of hydrogen-bond acceptors (Lipinski definition) is 4. The zero-order chi connectivity index (χ0) is 9.42. The summed E-state index contributed by atoms with van der Waals surface area (Å²) in [6.07, 6.45) is 3.91. The summed E-state index contributed by atoms with van der Waals surface area (Å²) in [7, 11) is 0. The highest BCUT2D eigenvalue weighted by Crippen LogP contribution is 2.19. The molecule has 0 aliphatic carbocycles.